The van der Waals surface area contributed by atoms with Crippen LogP contribution in [-0.4, -0.2) is 31.7 Å². The lowest BCUT2D eigenvalue weighted by Crippen LogP contribution is -2.25. The molecule has 2 heterocycles. The normalized spacial score (nSPS) is 19.0. The van der Waals surface area contributed by atoms with Gasteiger partial charge in [-0.15, -0.1) is 10.2 Å². The minimum absolute atomic E-state index is 0.293. The third-order valence-electron chi connectivity index (χ3n) is 2.80. The summed E-state index contributed by atoms with van der Waals surface area (Å²) >= 11 is 1.57. The highest BCUT2D eigenvalue weighted by atomic mass is 32.2. The summed E-state index contributed by atoms with van der Waals surface area (Å²) in [6, 6.07) is 10.2. The third-order valence-corrected chi connectivity index (χ3v) is 3.91. The van der Waals surface area contributed by atoms with Crippen molar-refractivity contribution in [2.75, 3.05) is 5.75 Å². The molecule has 3 rings (SSSR count). The smallest absolute Gasteiger partial charge is 0.191 e. The molecule has 88 valence electrons. The average molecular weight is 247 g/mol. The van der Waals surface area contributed by atoms with Gasteiger partial charge in [-0.05, 0) is 5.56 Å². The number of fused-ring (bicyclic) bond motifs is 1. The minimum Gasteiger partial charge on any atom is -0.390 e. The molecule has 1 atom stereocenters. The molecule has 0 saturated carbocycles. The highest BCUT2D eigenvalue weighted by Crippen LogP contribution is 2.24. The summed E-state index contributed by atoms with van der Waals surface area (Å²) in [6.07, 6.45) is 0.472. The predicted molar refractivity (Wildman–Crippen MR) is 66.0 cm³/mol. The number of aliphatic hydroxyl groups is 1. The summed E-state index contributed by atoms with van der Waals surface area (Å²) in [5.74, 6) is 1.64. The van der Waals surface area contributed by atoms with Crippen LogP contribution in [0.15, 0.2) is 35.5 Å². The summed E-state index contributed by atoms with van der Waals surface area (Å²) in [5.41, 5.74) is 1.22. The molecular weight excluding hydrogens is 234 g/mol. The summed E-state index contributed by atoms with van der Waals surface area (Å²) < 4.78 is 2.02. The van der Waals surface area contributed by atoms with E-state index in [4.69, 9.17) is 0 Å². The molecule has 1 unspecified atom stereocenters. The van der Waals surface area contributed by atoms with Gasteiger partial charge in [-0.1, -0.05) is 42.1 Å². The van der Waals surface area contributed by atoms with Crippen LogP contribution in [0.25, 0.3) is 0 Å². The first kappa shape index (κ1) is 10.8. The Morgan fingerprint density at radius 2 is 2.12 bits per heavy atom. The van der Waals surface area contributed by atoms with Crippen LogP contribution < -0.4 is 0 Å². The summed E-state index contributed by atoms with van der Waals surface area (Å²) in [7, 11) is 0. The molecule has 0 amide bonds. The highest BCUT2D eigenvalue weighted by molar-refractivity contribution is 7.99. The first-order chi connectivity index (χ1) is 8.33. The molecule has 0 aliphatic carbocycles. The molecule has 5 heteroatoms. The van der Waals surface area contributed by atoms with Crippen LogP contribution >= 0.6 is 11.8 Å². The van der Waals surface area contributed by atoms with Crippen molar-refractivity contribution in [3.05, 3.63) is 41.7 Å². The number of hydrogen-bond donors (Lipinski definition) is 1. The Bertz CT molecular complexity index is 512. The van der Waals surface area contributed by atoms with Gasteiger partial charge in [0.1, 0.15) is 5.82 Å². The quantitative estimate of drug-likeness (QED) is 0.870. The fourth-order valence-corrected chi connectivity index (χ4v) is 2.83. The van der Waals surface area contributed by atoms with E-state index in [1.165, 1.54) is 5.56 Å². The molecule has 1 aliphatic heterocycles. The SMILES string of the molecule is OC1CSc2nnc(Cc3ccccc3)n2C1. The molecule has 1 aromatic heterocycles. The van der Waals surface area contributed by atoms with E-state index in [1.807, 2.05) is 22.8 Å². The maximum atomic E-state index is 9.67. The van der Waals surface area contributed by atoms with Gasteiger partial charge < -0.3 is 9.67 Å². The molecule has 0 saturated heterocycles. The molecule has 2 aromatic rings. The van der Waals surface area contributed by atoms with Gasteiger partial charge in [0.25, 0.3) is 0 Å². The fraction of sp³-hybridized carbons (Fsp3) is 0.333. The van der Waals surface area contributed by atoms with Gasteiger partial charge in [0, 0.05) is 12.2 Å². The van der Waals surface area contributed by atoms with Gasteiger partial charge >= 0.3 is 0 Å². The van der Waals surface area contributed by atoms with Crippen LogP contribution in [0.5, 0.6) is 0 Å². The lowest BCUT2D eigenvalue weighted by atomic mass is 10.1. The van der Waals surface area contributed by atoms with Crippen LogP contribution in [-0.2, 0) is 13.0 Å². The Kier molecular flexibility index (Phi) is 2.86. The van der Waals surface area contributed by atoms with Crippen molar-refractivity contribution in [1.29, 1.82) is 0 Å². The van der Waals surface area contributed by atoms with E-state index >= 15 is 0 Å². The Hall–Kier alpha value is -1.33. The molecule has 1 aromatic carbocycles. The van der Waals surface area contributed by atoms with E-state index in [1.54, 1.807) is 11.8 Å². The van der Waals surface area contributed by atoms with Crippen molar-refractivity contribution in [2.24, 2.45) is 0 Å². The van der Waals surface area contributed by atoms with Gasteiger partial charge in [-0.2, -0.15) is 0 Å². The van der Waals surface area contributed by atoms with Crippen LogP contribution in [0.3, 0.4) is 0 Å². The van der Waals surface area contributed by atoms with E-state index < -0.39 is 0 Å². The van der Waals surface area contributed by atoms with Crippen molar-refractivity contribution in [1.82, 2.24) is 14.8 Å². The van der Waals surface area contributed by atoms with E-state index in [0.717, 1.165) is 17.4 Å². The van der Waals surface area contributed by atoms with E-state index in [0.29, 0.717) is 12.3 Å². The number of hydrogen-bond acceptors (Lipinski definition) is 4. The number of thioether (sulfide) groups is 1. The number of nitrogens with zero attached hydrogens (tertiary/aromatic N) is 3. The van der Waals surface area contributed by atoms with E-state index in [9.17, 15) is 5.11 Å². The van der Waals surface area contributed by atoms with Gasteiger partial charge in [-0.25, -0.2) is 0 Å². The number of aliphatic hydroxyl groups excluding tert-OH is 1. The number of benzene rings is 1. The van der Waals surface area contributed by atoms with Crippen molar-refractivity contribution in [3.8, 4) is 0 Å². The van der Waals surface area contributed by atoms with Crippen molar-refractivity contribution >= 4 is 11.8 Å². The maximum Gasteiger partial charge on any atom is 0.191 e. The van der Waals surface area contributed by atoms with E-state index in [-0.39, 0.29) is 6.10 Å². The average Bonchev–Trinajstić information content (AvgIpc) is 2.73. The summed E-state index contributed by atoms with van der Waals surface area (Å²) in [5, 5.41) is 18.9. The van der Waals surface area contributed by atoms with Crippen molar-refractivity contribution in [2.45, 2.75) is 24.2 Å². The second-order valence-electron chi connectivity index (χ2n) is 4.14. The van der Waals surface area contributed by atoms with Crippen LogP contribution in [0.1, 0.15) is 11.4 Å². The third kappa shape index (κ3) is 2.21. The Morgan fingerprint density at radius 3 is 2.94 bits per heavy atom. The molecule has 0 radical (unpaired) electrons. The molecule has 0 fully saturated rings. The van der Waals surface area contributed by atoms with Crippen LogP contribution in [0.4, 0.5) is 0 Å². The molecule has 1 N–H and O–H groups in total. The molecular formula is C12H13N3OS. The van der Waals surface area contributed by atoms with Crippen LogP contribution in [0, 0.1) is 0 Å². The largest absolute Gasteiger partial charge is 0.390 e. The zero-order valence-electron chi connectivity index (χ0n) is 9.28. The Labute approximate surface area is 104 Å². The predicted octanol–water partition coefficient (Wildman–Crippen LogP) is 1.34. The van der Waals surface area contributed by atoms with Crippen LogP contribution in [0.2, 0.25) is 0 Å². The van der Waals surface area contributed by atoms with Gasteiger partial charge in [-0.3, -0.25) is 0 Å². The zero-order chi connectivity index (χ0) is 11.7. The van der Waals surface area contributed by atoms with Gasteiger partial charge in [0.2, 0.25) is 0 Å². The van der Waals surface area contributed by atoms with E-state index in [2.05, 4.69) is 22.3 Å². The van der Waals surface area contributed by atoms with Gasteiger partial charge in [0.05, 0.1) is 12.6 Å². The first-order valence-corrected chi connectivity index (χ1v) is 6.58. The maximum absolute atomic E-state index is 9.67. The lowest BCUT2D eigenvalue weighted by molar-refractivity contribution is 0.169. The fourth-order valence-electron chi connectivity index (χ4n) is 1.95. The standard InChI is InChI=1S/C12H13N3OS/c16-10-7-15-11(13-14-12(15)17-8-10)6-9-4-2-1-3-5-9/h1-5,10,16H,6-8H2. The lowest BCUT2D eigenvalue weighted by Gasteiger charge is -2.19. The zero-order valence-corrected chi connectivity index (χ0v) is 10.1. The number of rotatable bonds is 2. The topological polar surface area (TPSA) is 50.9 Å². The molecule has 0 bridgehead atoms. The Morgan fingerprint density at radius 1 is 1.29 bits per heavy atom. The van der Waals surface area contributed by atoms with Crippen molar-refractivity contribution < 1.29 is 5.11 Å². The van der Waals surface area contributed by atoms with Gasteiger partial charge in [0.15, 0.2) is 5.16 Å². The second-order valence-corrected chi connectivity index (χ2v) is 5.12. The summed E-state index contributed by atoms with van der Waals surface area (Å²) in [6.45, 7) is 0.609. The monoisotopic (exact) mass is 247 g/mol. The minimum atomic E-state index is -0.293. The first-order valence-electron chi connectivity index (χ1n) is 5.60. The molecule has 4 nitrogen and oxygen atoms in total. The van der Waals surface area contributed by atoms with Crippen molar-refractivity contribution in [3.63, 3.8) is 0 Å². The summed E-state index contributed by atoms with van der Waals surface area (Å²) in [4.78, 5) is 0. The molecule has 17 heavy (non-hydrogen) atoms. The molecule has 0 spiro atoms. The highest BCUT2D eigenvalue weighted by Gasteiger charge is 2.21. The molecule has 1 aliphatic rings. The second kappa shape index (κ2) is 4.50. The number of aromatic nitrogens is 3. The Balaban J connectivity index is 1.87.